The maximum atomic E-state index is 13.0. The van der Waals surface area contributed by atoms with E-state index in [1.54, 1.807) is 24.3 Å². The first kappa shape index (κ1) is 25.7. The van der Waals surface area contributed by atoms with Gasteiger partial charge in [-0.3, -0.25) is 9.59 Å². The molecule has 6 heteroatoms. The number of nitrogens with two attached hydrogens (primary N) is 1. The molecular weight excluding hydrogens is 398 g/mol. The molecule has 30 heavy (non-hydrogen) atoms. The van der Waals surface area contributed by atoms with Crippen LogP contribution in [0.1, 0.15) is 73.4 Å². The molecule has 0 aromatic heterocycles. The first-order chi connectivity index (χ1) is 13.4. The molecule has 4 N–H and O–H groups in total. The van der Waals surface area contributed by atoms with Gasteiger partial charge in [-0.1, -0.05) is 53.7 Å². The Morgan fingerprint density at radius 3 is 1.90 bits per heavy atom. The van der Waals surface area contributed by atoms with Gasteiger partial charge in [0, 0.05) is 29.9 Å². The lowest BCUT2D eigenvalue weighted by atomic mass is 9.79. The minimum Gasteiger partial charge on any atom is -0.351 e. The highest BCUT2D eigenvalue weighted by molar-refractivity contribution is 6.05. The number of anilines is 1. The summed E-state index contributed by atoms with van der Waals surface area (Å²) in [5, 5.41) is 5.66. The minimum absolute atomic E-state index is 0. The molecular formula is C24H34ClN3O2. The second-order valence-electron chi connectivity index (χ2n) is 9.38. The van der Waals surface area contributed by atoms with Crippen molar-refractivity contribution in [1.29, 1.82) is 0 Å². The van der Waals surface area contributed by atoms with Gasteiger partial charge in [-0.15, -0.1) is 12.4 Å². The molecule has 0 fully saturated rings. The van der Waals surface area contributed by atoms with E-state index < -0.39 is 0 Å². The van der Waals surface area contributed by atoms with Crippen molar-refractivity contribution in [2.24, 2.45) is 5.73 Å². The summed E-state index contributed by atoms with van der Waals surface area (Å²) in [6, 6.07) is 13.0. The monoisotopic (exact) mass is 431 g/mol. The highest BCUT2D eigenvalue weighted by Crippen LogP contribution is 2.30. The van der Waals surface area contributed by atoms with E-state index in [0.717, 1.165) is 11.1 Å². The summed E-state index contributed by atoms with van der Waals surface area (Å²) in [6.45, 7) is 13.6. The Kier molecular flexibility index (Phi) is 8.64. The zero-order valence-electron chi connectivity index (χ0n) is 18.8. The van der Waals surface area contributed by atoms with Crippen molar-refractivity contribution >= 4 is 29.9 Å². The molecule has 0 aliphatic heterocycles. The predicted molar refractivity (Wildman–Crippen MR) is 127 cm³/mol. The molecule has 2 rings (SSSR count). The number of hydrogen-bond donors (Lipinski definition) is 3. The third-order valence-electron chi connectivity index (χ3n) is 4.74. The number of carbonyl (C=O) groups is 2. The van der Waals surface area contributed by atoms with Crippen LogP contribution in [0.2, 0.25) is 0 Å². The molecule has 0 aliphatic rings. The Bertz CT molecular complexity index is 864. The van der Waals surface area contributed by atoms with Gasteiger partial charge in [0.1, 0.15) is 0 Å². The second-order valence-corrected chi connectivity index (χ2v) is 9.38. The Labute approximate surface area is 186 Å². The van der Waals surface area contributed by atoms with Crippen LogP contribution in [0.4, 0.5) is 5.69 Å². The number of amides is 2. The van der Waals surface area contributed by atoms with E-state index >= 15 is 0 Å². The van der Waals surface area contributed by atoms with Gasteiger partial charge in [0.2, 0.25) is 0 Å². The molecule has 0 unspecified atom stereocenters. The first-order valence-electron chi connectivity index (χ1n) is 9.97. The predicted octanol–water partition coefficient (Wildman–Crippen LogP) is 4.64. The standard InChI is InChI=1S/C24H33N3O2.ClH/c1-23(2,3)18-12-17(13-19(15-18)24(4,5)6)22(29)27-20-9-7-8-16(14-20)21(28)26-11-10-25;/h7-9,12-15H,10-11,25H2,1-6H3,(H,26,28)(H,27,29);1H. The van der Waals surface area contributed by atoms with Crippen LogP contribution < -0.4 is 16.4 Å². The Morgan fingerprint density at radius 1 is 0.833 bits per heavy atom. The third-order valence-corrected chi connectivity index (χ3v) is 4.74. The second kappa shape index (κ2) is 10.1. The van der Waals surface area contributed by atoms with Crippen LogP contribution >= 0.6 is 12.4 Å². The maximum absolute atomic E-state index is 13.0. The molecule has 0 spiro atoms. The lowest BCUT2D eigenvalue weighted by molar-refractivity contribution is 0.0953. The normalized spacial score (nSPS) is 11.4. The van der Waals surface area contributed by atoms with Crippen LogP contribution in [0.5, 0.6) is 0 Å². The summed E-state index contributed by atoms with van der Waals surface area (Å²) in [6.07, 6.45) is 0. The van der Waals surface area contributed by atoms with Gasteiger partial charge >= 0.3 is 0 Å². The van der Waals surface area contributed by atoms with Gasteiger partial charge in [-0.25, -0.2) is 0 Å². The summed E-state index contributed by atoms with van der Waals surface area (Å²) in [5.74, 6) is -0.405. The van der Waals surface area contributed by atoms with Gasteiger partial charge in [0.25, 0.3) is 11.8 Å². The number of rotatable bonds is 5. The van der Waals surface area contributed by atoms with Crippen LogP contribution in [0.15, 0.2) is 42.5 Å². The molecule has 5 nitrogen and oxygen atoms in total. The minimum atomic E-state index is -0.212. The summed E-state index contributed by atoms with van der Waals surface area (Å²) < 4.78 is 0. The molecule has 164 valence electrons. The summed E-state index contributed by atoms with van der Waals surface area (Å²) >= 11 is 0. The molecule has 0 bridgehead atoms. The molecule has 0 heterocycles. The number of benzene rings is 2. The van der Waals surface area contributed by atoms with Crippen molar-refractivity contribution in [2.75, 3.05) is 18.4 Å². The average Bonchev–Trinajstić information content (AvgIpc) is 2.64. The fourth-order valence-corrected chi connectivity index (χ4v) is 2.85. The lowest BCUT2D eigenvalue weighted by Crippen LogP contribution is -2.29. The number of nitrogens with one attached hydrogen (secondary N) is 2. The van der Waals surface area contributed by atoms with E-state index in [-0.39, 0.29) is 35.1 Å². The molecule has 2 aromatic carbocycles. The topological polar surface area (TPSA) is 84.2 Å². The van der Waals surface area contributed by atoms with E-state index in [1.165, 1.54) is 0 Å². The molecule has 0 atom stereocenters. The molecule has 0 saturated heterocycles. The highest BCUT2D eigenvalue weighted by atomic mass is 35.5. The van der Waals surface area contributed by atoms with Crippen LogP contribution in [-0.2, 0) is 10.8 Å². The van der Waals surface area contributed by atoms with Gasteiger partial charge < -0.3 is 16.4 Å². The van der Waals surface area contributed by atoms with Crippen molar-refractivity contribution in [1.82, 2.24) is 5.32 Å². The summed E-state index contributed by atoms with van der Waals surface area (Å²) in [7, 11) is 0. The van der Waals surface area contributed by atoms with Crippen LogP contribution in [0.25, 0.3) is 0 Å². The first-order valence-corrected chi connectivity index (χ1v) is 9.97. The van der Waals surface area contributed by atoms with Gasteiger partial charge in [-0.2, -0.15) is 0 Å². The highest BCUT2D eigenvalue weighted by Gasteiger charge is 2.22. The molecule has 0 saturated carbocycles. The quantitative estimate of drug-likeness (QED) is 0.644. The Balaban J connectivity index is 0.00000450. The molecule has 0 radical (unpaired) electrons. The van der Waals surface area contributed by atoms with E-state index in [4.69, 9.17) is 5.73 Å². The molecule has 2 amide bonds. The zero-order valence-corrected chi connectivity index (χ0v) is 19.6. The van der Waals surface area contributed by atoms with E-state index in [1.807, 2.05) is 12.1 Å². The van der Waals surface area contributed by atoms with E-state index in [9.17, 15) is 9.59 Å². The fraction of sp³-hybridized carbons (Fsp3) is 0.417. The van der Waals surface area contributed by atoms with Gasteiger partial charge in [0.05, 0.1) is 0 Å². The molecule has 2 aromatic rings. The smallest absolute Gasteiger partial charge is 0.255 e. The van der Waals surface area contributed by atoms with Crippen molar-refractivity contribution < 1.29 is 9.59 Å². The van der Waals surface area contributed by atoms with Crippen molar-refractivity contribution in [2.45, 2.75) is 52.4 Å². The average molecular weight is 432 g/mol. The van der Waals surface area contributed by atoms with Gasteiger partial charge in [-0.05, 0) is 52.3 Å². The van der Waals surface area contributed by atoms with Crippen molar-refractivity contribution in [3.05, 3.63) is 64.7 Å². The van der Waals surface area contributed by atoms with E-state index in [2.05, 4.69) is 58.2 Å². The summed E-state index contributed by atoms with van der Waals surface area (Å²) in [4.78, 5) is 25.1. The van der Waals surface area contributed by atoms with Crippen LogP contribution in [0.3, 0.4) is 0 Å². The van der Waals surface area contributed by atoms with Gasteiger partial charge in [0.15, 0.2) is 0 Å². The Morgan fingerprint density at radius 2 is 1.40 bits per heavy atom. The summed E-state index contributed by atoms with van der Waals surface area (Å²) in [5.41, 5.74) is 9.19. The van der Waals surface area contributed by atoms with Crippen molar-refractivity contribution in [3.8, 4) is 0 Å². The maximum Gasteiger partial charge on any atom is 0.255 e. The van der Waals surface area contributed by atoms with Crippen molar-refractivity contribution in [3.63, 3.8) is 0 Å². The fourth-order valence-electron chi connectivity index (χ4n) is 2.85. The third kappa shape index (κ3) is 6.85. The Hall–Kier alpha value is -2.37. The number of halogens is 1. The lowest BCUT2D eigenvalue weighted by Gasteiger charge is -2.26. The zero-order chi connectivity index (χ0) is 21.8. The molecule has 0 aliphatic carbocycles. The number of carbonyl (C=O) groups excluding carboxylic acids is 2. The number of hydrogen-bond acceptors (Lipinski definition) is 3. The van der Waals surface area contributed by atoms with Crippen LogP contribution in [0, 0.1) is 0 Å². The van der Waals surface area contributed by atoms with Crippen LogP contribution in [-0.4, -0.2) is 24.9 Å². The largest absolute Gasteiger partial charge is 0.351 e. The SMILES string of the molecule is CC(C)(C)c1cc(C(=O)Nc2cccc(C(=O)NCCN)c2)cc(C(C)(C)C)c1.Cl. The van der Waals surface area contributed by atoms with E-state index in [0.29, 0.717) is 29.9 Å².